The average molecular weight is 269 g/mol. The van der Waals surface area contributed by atoms with Gasteiger partial charge in [-0.05, 0) is 6.07 Å². The van der Waals surface area contributed by atoms with E-state index < -0.39 is 16.9 Å². The Morgan fingerprint density at radius 3 is 2.74 bits per heavy atom. The highest BCUT2D eigenvalue weighted by Crippen LogP contribution is 2.31. The summed E-state index contributed by atoms with van der Waals surface area (Å²) >= 11 is 0. The van der Waals surface area contributed by atoms with E-state index in [-0.39, 0.29) is 24.5 Å². The zero-order valence-electron chi connectivity index (χ0n) is 10.4. The fourth-order valence-corrected chi connectivity index (χ4v) is 1.33. The van der Waals surface area contributed by atoms with Crippen molar-refractivity contribution >= 4 is 11.6 Å². The average Bonchev–Trinajstić information content (AvgIpc) is 2.37. The first-order valence-corrected chi connectivity index (χ1v) is 5.46. The second-order valence-electron chi connectivity index (χ2n) is 3.74. The van der Waals surface area contributed by atoms with Gasteiger partial charge in [0.1, 0.15) is 5.75 Å². The number of nitro benzene ring substituents is 1. The molecule has 0 fully saturated rings. The number of carbonyl (C=O) groups is 1. The van der Waals surface area contributed by atoms with E-state index in [0.29, 0.717) is 5.75 Å². The molecular formula is C11H15N3O5. The summed E-state index contributed by atoms with van der Waals surface area (Å²) in [6.07, 6.45) is 0.170. The Bertz CT molecular complexity index is 477. The van der Waals surface area contributed by atoms with Crippen LogP contribution in [0, 0.1) is 10.1 Å². The van der Waals surface area contributed by atoms with Crippen molar-refractivity contribution < 1.29 is 19.2 Å². The van der Waals surface area contributed by atoms with Gasteiger partial charge in [-0.25, -0.2) is 0 Å². The van der Waals surface area contributed by atoms with E-state index in [1.54, 1.807) is 0 Å². The van der Waals surface area contributed by atoms with Crippen molar-refractivity contribution in [3.8, 4) is 11.5 Å². The van der Waals surface area contributed by atoms with Crippen LogP contribution in [0.2, 0.25) is 0 Å². The molecule has 0 aliphatic carbocycles. The first-order valence-electron chi connectivity index (χ1n) is 5.46. The molecule has 0 heterocycles. The number of hydrogen-bond donors (Lipinski definition) is 2. The molecule has 0 saturated heterocycles. The van der Waals surface area contributed by atoms with Crippen LogP contribution in [0.4, 0.5) is 5.69 Å². The Balaban J connectivity index is 2.75. The first-order chi connectivity index (χ1) is 8.95. The normalized spacial score (nSPS) is 11.7. The SMILES string of the molecule is COc1ccc([N+](=O)[O-])c(OCCC(N)C(N)=O)c1. The second kappa shape index (κ2) is 6.55. The van der Waals surface area contributed by atoms with Gasteiger partial charge in [-0.15, -0.1) is 0 Å². The fourth-order valence-electron chi connectivity index (χ4n) is 1.33. The summed E-state index contributed by atoms with van der Waals surface area (Å²) in [6, 6.07) is 3.29. The highest BCUT2D eigenvalue weighted by molar-refractivity contribution is 5.79. The van der Waals surface area contributed by atoms with Crippen LogP contribution in [0.1, 0.15) is 6.42 Å². The van der Waals surface area contributed by atoms with Crippen LogP contribution >= 0.6 is 0 Å². The van der Waals surface area contributed by atoms with Gasteiger partial charge in [0.15, 0.2) is 0 Å². The predicted molar refractivity (Wildman–Crippen MR) is 66.9 cm³/mol. The van der Waals surface area contributed by atoms with Crippen LogP contribution in [0.25, 0.3) is 0 Å². The summed E-state index contributed by atoms with van der Waals surface area (Å²) in [5, 5.41) is 10.8. The van der Waals surface area contributed by atoms with Gasteiger partial charge in [-0.1, -0.05) is 0 Å². The Morgan fingerprint density at radius 1 is 1.53 bits per heavy atom. The number of rotatable bonds is 7. The van der Waals surface area contributed by atoms with Crippen LogP contribution in [0.5, 0.6) is 11.5 Å². The molecule has 0 spiro atoms. The maximum Gasteiger partial charge on any atom is 0.311 e. The lowest BCUT2D eigenvalue weighted by molar-refractivity contribution is -0.385. The van der Waals surface area contributed by atoms with Gasteiger partial charge in [0, 0.05) is 18.6 Å². The monoisotopic (exact) mass is 269 g/mol. The molecule has 8 nitrogen and oxygen atoms in total. The van der Waals surface area contributed by atoms with E-state index in [0.717, 1.165) is 0 Å². The largest absolute Gasteiger partial charge is 0.497 e. The minimum atomic E-state index is -0.843. The van der Waals surface area contributed by atoms with Gasteiger partial charge in [0.05, 0.1) is 24.7 Å². The molecule has 0 radical (unpaired) electrons. The number of hydrogen-bond acceptors (Lipinski definition) is 6. The van der Waals surface area contributed by atoms with E-state index >= 15 is 0 Å². The molecule has 0 saturated carbocycles. The molecule has 1 aromatic rings. The lowest BCUT2D eigenvalue weighted by Gasteiger charge is -2.10. The number of benzene rings is 1. The topological polar surface area (TPSA) is 131 Å². The number of methoxy groups -OCH3 is 1. The van der Waals surface area contributed by atoms with Crippen LogP contribution in [0.3, 0.4) is 0 Å². The van der Waals surface area contributed by atoms with E-state index in [1.165, 1.54) is 25.3 Å². The number of nitrogens with zero attached hydrogens (tertiary/aromatic N) is 1. The molecule has 8 heteroatoms. The van der Waals surface area contributed by atoms with Gasteiger partial charge in [0.2, 0.25) is 11.7 Å². The van der Waals surface area contributed by atoms with Crippen LogP contribution in [0.15, 0.2) is 18.2 Å². The maximum absolute atomic E-state index is 10.8. The molecular weight excluding hydrogens is 254 g/mol. The summed E-state index contributed by atoms with van der Waals surface area (Å²) in [5.74, 6) is -0.162. The Kier molecular flexibility index (Phi) is 5.07. The van der Waals surface area contributed by atoms with Crippen molar-refractivity contribution in [3.63, 3.8) is 0 Å². The van der Waals surface area contributed by atoms with Crippen molar-refractivity contribution in [2.75, 3.05) is 13.7 Å². The fraction of sp³-hybridized carbons (Fsp3) is 0.364. The van der Waals surface area contributed by atoms with Crippen molar-refractivity contribution in [2.24, 2.45) is 11.5 Å². The molecule has 4 N–H and O–H groups in total. The highest BCUT2D eigenvalue weighted by atomic mass is 16.6. The lowest BCUT2D eigenvalue weighted by Crippen LogP contribution is -2.37. The zero-order valence-corrected chi connectivity index (χ0v) is 10.4. The highest BCUT2D eigenvalue weighted by Gasteiger charge is 2.17. The molecule has 1 amide bonds. The third kappa shape index (κ3) is 4.11. The lowest BCUT2D eigenvalue weighted by atomic mass is 10.2. The molecule has 0 aliphatic rings. The molecule has 1 atom stereocenters. The molecule has 1 aromatic carbocycles. The standard InChI is InChI=1S/C11H15N3O5/c1-18-7-2-3-9(14(16)17)10(6-7)19-5-4-8(12)11(13)15/h2-3,6,8H,4-5,12H2,1H3,(H2,13,15). The molecule has 1 unspecified atom stereocenters. The molecule has 0 bridgehead atoms. The van der Waals surface area contributed by atoms with E-state index in [1.807, 2.05) is 0 Å². The van der Waals surface area contributed by atoms with Gasteiger partial charge in [-0.2, -0.15) is 0 Å². The summed E-state index contributed by atoms with van der Waals surface area (Å²) in [6.45, 7) is 0.0398. The number of primary amides is 1. The number of amides is 1. The van der Waals surface area contributed by atoms with E-state index in [4.69, 9.17) is 20.9 Å². The van der Waals surface area contributed by atoms with Crippen molar-refractivity contribution in [3.05, 3.63) is 28.3 Å². The first kappa shape index (κ1) is 14.7. The Morgan fingerprint density at radius 2 is 2.21 bits per heavy atom. The number of nitrogens with two attached hydrogens (primary N) is 2. The minimum Gasteiger partial charge on any atom is -0.497 e. The summed E-state index contributed by atoms with van der Waals surface area (Å²) < 4.78 is 10.2. The van der Waals surface area contributed by atoms with E-state index in [2.05, 4.69) is 0 Å². The molecule has 0 aromatic heterocycles. The quantitative estimate of drug-likeness (QED) is 0.536. The molecule has 19 heavy (non-hydrogen) atoms. The Hall–Kier alpha value is -2.35. The number of carbonyl (C=O) groups excluding carboxylic acids is 1. The predicted octanol–water partition coefficient (Wildman–Crippen LogP) is 0.185. The van der Waals surface area contributed by atoms with Gasteiger partial charge >= 0.3 is 5.69 Å². The number of nitro groups is 1. The smallest absolute Gasteiger partial charge is 0.311 e. The van der Waals surface area contributed by atoms with Gasteiger partial charge < -0.3 is 20.9 Å². The number of ether oxygens (including phenoxy) is 2. The van der Waals surface area contributed by atoms with Crippen LogP contribution in [-0.4, -0.2) is 30.6 Å². The van der Waals surface area contributed by atoms with Crippen LogP contribution in [-0.2, 0) is 4.79 Å². The third-order valence-electron chi connectivity index (χ3n) is 2.42. The maximum atomic E-state index is 10.8. The third-order valence-corrected chi connectivity index (χ3v) is 2.42. The van der Waals surface area contributed by atoms with Gasteiger partial charge in [-0.3, -0.25) is 14.9 Å². The Labute approximate surface area is 109 Å². The summed E-state index contributed by atoms with van der Waals surface area (Å²) in [5.41, 5.74) is 10.2. The summed E-state index contributed by atoms with van der Waals surface area (Å²) in [4.78, 5) is 21.0. The van der Waals surface area contributed by atoms with Crippen LogP contribution < -0.4 is 20.9 Å². The molecule has 104 valence electrons. The van der Waals surface area contributed by atoms with Crippen molar-refractivity contribution in [1.29, 1.82) is 0 Å². The second-order valence-corrected chi connectivity index (χ2v) is 3.74. The molecule has 1 rings (SSSR count). The zero-order chi connectivity index (χ0) is 14.4. The van der Waals surface area contributed by atoms with E-state index in [9.17, 15) is 14.9 Å². The molecule has 0 aliphatic heterocycles. The van der Waals surface area contributed by atoms with Crippen molar-refractivity contribution in [1.82, 2.24) is 0 Å². The van der Waals surface area contributed by atoms with Crippen molar-refractivity contribution in [2.45, 2.75) is 12.5 Å². The minimum absolute atomic E-state index is 0.0398. The summed E-state index contributed by atoms with van der Waals surface area (Å²) in [7, 11) is 1.44. The van der Waals surface area contributed by atoms with Gasteiger partial charge in [0.25, 0.3) is 0 Å².